The summed E-state index contributed by atoms with van der Waals surface area (Å²) in [6.07, 6.45) is 17.2. The molecule has 11 atom stereocenters. The first-order valence-corrected chi connectivity index (χ1v) is 18.4. The smallest absolute Gasteiger partial charge is 0.303 e. The van der Waals surface area contributed by atoms with Crippen molar-refractivity contribution in [2.24, 2.45) is 52.3 Å². The fraction of sp³-hybridized carbons (Fsp3) is 0.868. The molecule has 0 spiro atoms. The van der Waals surface area contributed by atoms with Crippen molar-refractivity contribution in [3.63, 3.8) is 0 Å². The lowest BCUT2D eigenvalue weighted by Gasteiger charge is -2.63. The molecule has 4 aliphatic rings. The van der Waals surface area contributed by atoms with Crippen LogP contribution < -0.4 is 5.32 Å². The number of Topliss-reactive ketones (excluding diaryl/α,β-unsaturated/α-hetero) is 1. The van der Waals surface area contributed by atoms with Crippen molar-refractivity contribution < 1.29 is 29.7 Å². The molecule has 4 N–H and O–H groups in total. The predicted octanol–water partition coefficient (Wildman–Crippen LogP) is 7.09. The number of aliphatic carboxylic acids is 1. The summed E-state index contributed by atoms with van der Waals surface area (Å²) in [5.41, 5.74) is -0.228. The molecule has 0 unspecified atom stereocenters. The van der Waals surface area contributed by atoms with Crippen LogP contribution in [-0.2, 0) is 14.4 Å². The summed E-state index contributed by atoms with van der Waals surface area (Å²) < 4.78 is 0. The summed E-state index contributed by atoms with van der Waals surface area (Å²) in [6, 6.07) is 0. The van der Waals surface area contributed by atoms with Crippen molar-refractivity contribution >= 4 is 17.7 Å². The van der Waals surface area contributed by atoms with E-state index < -0.39 is 18.2 Å². The van der Waals surface area contributed by atoms with Crippen LogP contribution in [0.3, 0.4) is 0 Å². The second-order valence-electron chi connectivity index (χ2n) is 16.0. The molecular weight excluding hydrogens is 566 g/mol. The third-order valence-electron chi connectivity index (χ3n) is 13.7. The molecule has 4 rings (SSSR count). The first-order valence-electron chi connectivity index (χ1n) is 18.4. The van der Waals surface area contributed by atoms with Crippen molar-refractivity contribution in [2.45, 2.75) is 149 Å². The van der Waals surface area contributed by atoms with Crippen LogP contribution in [0, 0.1) is 52.3 Å². The van der Waals surface area contributed by atoms with E-state index >= 15 is 0 Å². The van der Waals surface area contributed by atoms with E-state index in [0.29, 0.717) is 37.5 Å². The molecule has 1 amide bonds. The van der Waals surface area contributed by atoms with E-state index in [2.05, 4.69) is 32.7 Å². The number of aliphatic hydroxyl groups excluding tert-OH is 2. The Hall–Kier alpha value is -1.73. The van der Waals surface area contributed by atoms with Crippen molar-refractivity contribution in [1.29, 1.82) is 0 Å². The molecule has 4 fully saturated rings. The highest BCUT2D eigenvalue weighted by atomic mass is 16.4. The molecule has 0 aromatic carbocycles. The molecule has 4 aliphatic carbocycles. The molecule has 0 saturated heterocycles. The highest BCUT2D eigenvalue weighted by Crippen LogP contribution is 2.68. The number of amides is 1. The number of ketones is 1. The van der Waals surface area contributed by atoms with Crippen LogP contribution in [0.1, 0.15) is 136 Å². The second-order valence-corrected chi connectivity index (χ2v) is 16.0. The SMILES string of the molecule is C=CC(=O)NCCCCCCCCCCC(=O)[C@@H]1CC[C@@]2(C)[C@@H](C1)C[C@@H](O)[C@@H]1[C@@H]2C[C@H](O)[C@]2(C)[C@@H]([C@H](C)CCC(=O)O)CC[C@@H]12. The predicted molar refractivity (Wildman–Crippen MR) is 177 cm³/mol. The number of hydrogen-bond donors (Lipinski definition) is 4. The van der Waals surface area contributed by atoms with Crippen LogP contribution in [-0.4, -0.2) is 51.7 Å². The Balaban J connectivity index is 1.22. The number of carboxylic acids is 1. The van der Waals surface area contributed by atoms with Crippen LogP contribution >= 0.6 is 0 Å². The van der Waals surface area contributed by atoms with Gasteiger partial charge in [0, 0.05) is 25.3 Å². The van der Waals surface area contributed by atoms with E-state index in [1.807, 2.05) is 0 Å². The molecule has 0 aromatic rings. The lowest BCUT2D eigenvalue weighted by molar-refractivity contribution is -0.204. The van der Waals surface area contributed by atoms with E-state index in [1.165, 1.54) is 31.8 Å². The minimum atomic E-state index is -0.756. The lowest BCUT2D eigenvalue weighted by Crippen LogP contribution is -2.62. The second kappa shape index (κ2) is 15.9. The maximum atomic E-state index is 13.3. The topological polar surface area (TPSA) is 124 Å². The molecule has 0 aromatic heterocycles. The monoisotopic (exact) mass is 629 g/mol. The molecule has 7 heteroatoms. The zero-order chi connectivity index (χ0) is 32.8. The van der Waals surface area contributed by atoms with Gasteiger partial charge in [0.25, 0.3) is 0 Å². The van der Waals surface area contributed by atoms with Gasteiger partial charge in [-0.25, -0.2) is 0 Å². The Morgan fingerprint density at radius 1 is 0.889 bits per heavy atom. The number of unbranched alkanes of at least 4 members (excludes halogenated alkanes) is 7. The summed E-state index contributed by atoms with van der Waals surface area (Å²) >= 11 is 0. The van der Waals surface area contributed by atoms with Gasteiger partial charge >= 0.3 is 5.97 Å². The van der Waals surface area contributed by atoms with E-state index in [-0.39, 0.29) is 58.7 Å². The maximum absolute atomic E-state index is 13.3. The van der Waals surface area contributed by atoms with Gasteiger partial charge in [0.15, 0.2) is 0 Å². The van der Waals surface area contributed by atoms with Crippen LogP contribution in [0.25, 0.3) is 0 Å². The molecule has 0 radical (unpaired) electrons. The number of nitrogens with one attached hydrogen (secondary N) is 1. The quantitative estimate of drug-likeness (QED) is 0.101. The lowest BCUT2D eigenvalue weighted by atomic mass is 9.42. The first kappa shape index (κ1) is 36.1. The minimum absolute atomic E-state index is 0.0489. The van der Waals surface area contributed by atoms with E-state index in [0.717, 1.165) is 64.2 Å². The van der Waals surface area contributed by atoms with Gasteiger partial charge in [0.2, 0.25) is 5.91 Å². The maximum Gasteiger partial charge on any atom is 0.303 e. The van der Waals surface area contributed by atoms with Gasteiger partial charge in [-0.3, -0.25) is 14.4 Å². The Morgan fingerprint density at radius 2 is 1.56 bits per heavy atom. The molecule has 7 nitrogen and oxygen atoms in total. The largest absolute Gasteiger partial charge is 0.481 e. The molecular formula is C38H63NO6. The number of hydrogen-bond acceptors (Lipinski definition) is 5. The number of carbonyl (C=O) groups is 3. The van der Waals surface area contributed by atoms with Crippen LogP contribution in [0.4, 0.5) is 0 Å². The summed E-state index contributed by atoms with van der Waals surface area (Å²) in [5, 5.41) is 35.6. The normalized spacial score (nSPS) is 38.0. The molecule has 45 heavy (non-hydrogen) atoms. The molecule has 0 heterocycles. The van der Waals surface area contributed by atoms with Gasteiger partial charge in [0.1, 0.15) is 5.78 Å². The average Bonchev–Trinajstić information content (AvgIpc) is 3.37. The van der Waals surface area contributed by atoms with Gasteiger partial charge in [-0.15, -0.1) is 0 Å². The summed E-state index contributed by atoms with van der Waals surface area (Å²) in [7, 11) is 0. The Morgan fingerprint density at radius 3 is 2.22 bits per heavy atom. The van der Waals surface area contributed by atoms with Gasteiger partial charge in [-0.2, -0.15) is 0 Å². The number of carboxylic acid groups (broad SMARTS) is 1. The van der Waals surface area contributed by atoms with Crippen molar-refractivity contribution in [2.75, 3.05) is 6.54 Å². The first-order chi connectivity index (χ1) is 21.4. The zero-order valence-electron chi connectivity index (χ0n) is 28.5. The van der Waals surface area contributed by atoms with Crippen LogP contribution in [0.2, 0.25) is 0 Å². The zero-order valence-corrected chi connectivity index (χ0v) is 28.5. The van der Waals surface area contributed by atoms with Gasteiger partial charge in [0.05, 0.1) is 12.2 Å². The number of rotatable bonds is 17. The van der Waals surface area contributed by atoms with Crippen LogP contribution in [0.5, 0.6) is 0 Å². The Bertz CT molecular complexity index is 1030. The highest BCUT2D eigenvalue weighted by Gasteiger charge is 2.65. The number of fused-ring (bicyclic) bond motifs is 5. The van der Waals surface area contributed by atoms with E-state index in [9.17, 15) is 29.7 Å². The third kappa shape index (κ3) is 8.05. The summed E-state index contributed by atoms with van der Waals surface area (Å²) in [5.74, 6) is 1.23. The van der Waals surface area contributed by atoms with Crippen LogP contribution in [0.15, 0.2) is 12.7 Å². The number of carbonyl (C=O) groups excluding carboxylic acids is 2. The highest BCUT2D eigenvalue weighted by molar-refractivity contribution is 5.86. The fourth-order valence-corrected chi connectivity index (χ4v) is 11.0. The van der Waals surface area contributed by atoms with E-state index in [1.54, 1.807) is 0 Å². The molecule has 256 valence electrons. The Kier molecular flexibility index (Phi) is 12.8. The fourth-order valence-electron chi connectivity index (χ4n) is 11.0. The molecule has 4 saturated carbocycles. The third-order valence-corrected chi connectivity index (χ3v) is 13.7. The number of aliphatic hydroxyl groups is 2. The summed E-state index contributed by atoms with van der Waals surface area (Å²) in [4.78, 5) is 35.7. The van der Waals surface area contributed by atoms with Gasteiger partial charge < -0.3 is 20.6 Å². The average molecular weight is 630 g/mol. The van der Waals surface area contributed by atoms with Gasteiger partial charge in [-0.1, -0.05) is 65.9 Å². The van der Waals surface area contributed by atoms with Gasteiger partial charge in [-0.05, 0) is 117 Å². The minimum Gasteiger partial charge on any atom is -0.481 e. The molecule has 0 aliphatic heterocycles. The van der Waals surface area contributed by atoms with Crippen molar-refractivity contribution in [3.8, 4) is 0 Å². The van der Waals surface area contributed by atoms with E-state index in [4.69, 9.17) is 0 Å². The van der Waals surface area contributed by atoms with Crippen molar-refractivity contribution in [1.82, 2.24) is 5.32 Å². The standard InChI is InChI=1S/C38H63NO6/c1-5-34(43)39-21-13-11-9-7-6-8-10-12-14-31(40)26-19-20-37(3)27(22-26)23-32(41)36-29-17-16-28(25(2)15-18-35(44)45)38(29,4)33(42)24-30(36)37/h5,25-30,32-33,36,41-42H,1,6-24H2,2-4H3,(H,39,43)(H,44,45)/t25-,26-,27+,28-,29+,30+,32-,33+,36+,37+,38-/m1/s1. The molecule has 0 bridgehead atoms. The van der Waals surface area contributed by atoms with Crippen molar-refractivity contribution in [3.05, 3.63) is 12.7 Å². The Labute approximate surface area is 272 Å². The summed E-state index contributed by atoms with van der Waals surface area (Å²) in [6.45, 7) is 11.0.